The summed E-state index contributed by atoms with van der Waals surface area (Å²) in [5.41, 5.74) is 1.76. The first-order valence-electron chi connectivity index (χ1n) is 11.5. The van der Waals surface area contributed by atoms with Gasteiger partial charge in [0.1, 0.15) is 30.3 Å². The number of hydrogen-bond donors (Lipinski definition) is 1. The van der Waals surface area contributed by atoms with Crippen molar-refractivity contribution in [3.8, 4) is 5.75 Å². The van der Waals surface area contributed by atoms with Crippen LogP contribution in [-0.2, 0) is 9.47 Å². The lowest BCUT2D eigenvalue weighted by Gasteiger charge is -2.34. The second-order valence-electron chi connectivity index (χ2n) is 8.21. The standard InChI is InChI=1S/C24H25ClFN5O4/c1-2-22(30-5-8-33-9-6-30)35-21-13-19-16(12-20(21)31-7-10-34-24(31)32)23(28-14-27-19)29-15-3-4-18(26)17(25)11-15/h3-4,11-14,22H,2,5-10H2,1H3,(H,27,28,29)/t22-/m1/s1. The minimum atomic E-state index is -0.507. The molecule has 1 amide bonds. The fourth-order valence-electron chi connectivity index (χ4n) is 4.23. The number of carbonyl (C=O) groups excluding carboxylic acids is 1. The lowest BCUT2D eigenvalue weighted by Crippen LogP contribution is -2.46. The first-order chi connectivity index (χ1) is 17.0. The van der Waals surface area contributed by atoms with E-state index < -0.39 is 11.9 Å². The van der Waals surface area contributed by atoms with E-state index in [4.69, 9.17) is 25.8 Å². The normalized spacial score (nSPS) is 17.5. The van der Waals surface area contributed by atoms with Crippen LogP contribution in [0, 0.1) is 5.82 Å². The number of ether oxygens (including phenoxy) is 3. The highest BCUT2D eigenvalue weighted by molar-refractivity contribution is 6.31. The molecule has 0 aliphatic carbocycles. The maximum Gasteiger partial charge on any atom is 0.414 e. The predicted molar refractivity (Wildman–Crippen MR) is 130 cm³/mol. The van der Waals surface area contributed by atoms with Gasteiger partial charge in [-0.2, -0.15) is 0 Å². The summed E-state index contributed by atoms with van der Waals surface area (Å²) in [6.07, 6.45) is 1.56. The summed E-state index contributed by atoms with van der Waals surface area (Å²) >= 11 is 5.94. The third-order valence-corrected chi connectivity index (χ3v) is 6.30. The number of cyclic esters (lactones) is 1. The number of halogens is 2. The van der Waals surface area contributed by atoms with Gasteiger partial charge in [0.15, 0.2) is 6.23 Å². The van der Waals surface area contributed by atoms with Gasteiger partial charge in [-0.25, -0.2) is 19.2 Å². The van der Waals surface area contributed by atoms with Crippen LogP contribution >= 0.6 is 11.6 Å². The molecule has 2 aliphatic heterocycles. The number of aromatic nitrogens is 2. The minimum Gasteiger partial charge on any atom is -0.473 e. The van der Waals surface area contributed by atoms with Crippen molar-refractivity contribution in [2.24, 2.45) is 0 Å². The predicted octanol–water partition coefficient (Wildman–Crippen LogP) is 4.57. The van der Waals surface area contributed by atoms with Gasteiger partial charge >= 0.3 is 6.09 Å². The Morgan fingerprint density at radius 1 is 1.17 bits per heavy atom. The van der Waals surface area contributed by atoms with Gasteiger partial charge in [-0.1, -0.05) is 18.5 Å². The van der Waals surface area contributed by atoms with Crippen molar-refractivity contribution in [1.29, 1.82) is 0 Å². The number of fused-ring (bicyclic) bond motifs is 1. The van der Waals surface area contributed by atoms with Crippen LogP contribution < -0.4 is 15.0 Å². The highest BCUT2D eigenvalue weighted by Gasteiger charge is 2.29. The average Bonchev–Trinajstić information content (AvgIpc) is 3.30. The highest BCUT2D eigenvalue weighted by atomic mass is 35.5. The molecule has 2 aliphatic rings. The average molecular weight is 502 g/mol. The zero-order valence-corrected chi connectivity index (χ0v) is 19.9. The fourth-order valence-corrected chi connectivity index (χ4v) is 4.41. The molecule has 5 rings (SSSR count). The number of benzene rings is 2. The molecule has 0 unspecified atom stereocenters. The molecule has 184 valence electrons. The molecular formula is C24H25ClFN5O4. The Morgan fingerprint density at radius 2 is 2.00 bits per heavy atom. The summed E-state index contributed by atoms with van der Waals surface area (Å²) in [5.74, 6) is 0.509. The number of amides is 1. The molecule has 1 atom stereocenters. The van der Waals surface area contributed by atoms with Gasteiger partial charge in [-0.05, 0) is 30.7 Å². The smallest absolute Gasteiger partial charge is 0.414 e. The van der Waals surface area contributed by atoms with Crippen LogP contribution in [0.5, 0.6) is 5.75 Å². The van der Waals surface area contributed by atoms with E-state index in [0.717, 1.165) is 19.5 Å². The Labute approximate surface area is 206 Å². The van der Waals surface area contributed by atoms with Gasteiger partial charge in [-0.15, -0.1) is 0 Å². The molecule has 0 spiro atoms. The molecule has 1 aromatic heterocycles. The minimum absolute atomic E-state index is 0.00160. The van der Waals surface area contributed by atoms with Crippen LogP contribution in [0.1, 0.15) is 13.3 Å². The number of nitrogens with zero attached hydrogens (tertiary/aromatic N) is 4. The van der Waals surface area contributed by atoms with Crippen molar-refractivity contribution in [2.45, 2.75) is 19.6 Å². The number of rotatable bonds is 7. The van der Waals surface area contributed by atoms with Crippen molar-refractivity contribution in [2.75, 3.05) is 49.7 Å². The maximum atomic E-state index is 13.6. The van der Waals surface area contributed by atoms with E-state index in [1.165, 1.54) is 18.5 Å². The Hall–Kier alpha value is -3.21. The van der Waals surface area contributed by atoms with E-state index in [1.54, 1.807) is 11.0 Å². The molecule has 0 saturated carbocycles. The molecule has 9 nitrogen and oxygen atoms in total. The first-order valence-corrected chi connectivity index (χ1v) is 11.8. The maximum absolute atomic E-state index is 13.6. The monoisotopic (exact) mass is 501 g/mol. The summed E-state index contributed by atoms with van der Waals surface area (Å²) in [6.45, 7) is 5.59. The Morgan fingerprint density at radius 3 is 2.71 bits per heavy atom. The number of carbonyl (C=O) groups is 1. The van der Waals surface area contributed by atoms with Crippen molar-refractivity contribution < 1.29 is 23.4 Å². The Kier molecular flexibility index (Phi) is 6.85. The number of nitrogens with one attached hydrogen (secondary N) is 1. The van der Waals surface area contributed by atoms with Gasteiger partial charge in [0, 0.05) is 30.2 Å². The van der Waals surface area contributed by atoms with Gasteiger partial charge in [0.05, 0.1) is 36.0 Å². The number of hydrogen-bond acceptors (Lipinski definition) is 8. The van der Waals surface area contributed by atoms with Crippen LogP contribution in [0.3, 0.4) is 0 Å². The highest BCUT2D eigenvalue weighted by Crippen LogP contribution is 2.38. The third kappa shape index (κ3) is 4.95. The van der Waals surface area contributed by atoms with E-state index in [2.05, 4.69) is 27.1 Å². The number of anilines is 3. The Balaban J connectivity index is 1.55. The summed E-state index contributed by atoms with van der Waals surface area (Å²) in [7, 11) is 0. The zero-order chi connectivity index (χ0) is 24.4. The van der Waals surface area contributed by atoms with Crippen LogP contribution in [0.25, 0.3) is 10.9 Å². The fraction of sp³-hybridized carbons (Fsp3) is 0.375. The molecule has 2 aromatic carbocycles. The largest absolute Gasteiger partial charge is 0.473 e. The van der Waals surface area contributed by atoms with E-state index >= 15 is 0 Å². The SMILES string of the molecule is CC[C@@H](Oc1cc2ncnc(Nc3ccc(F)c(Cl)c3)c2cc1N1CCOC1=O)N1CCOCC1. The van der Waals surface area contributed by atoms with Gasteiger partial charge in [0.2, 0.25) is 0 Å². The summed E-state index contributed by atoms with van der Waals surface area (Å²) in [5, 5.41) is 3.83. The topological polar surface area (TPSA) is 89.1 Å². The van der Waals surface area contributed by atoms with Crippen LogP contribution in [0.4, 0.5) is 26.4 Å². The van der Waals surface area contributed by atoms with Crippen LogP contribution in [0.15, 0.2) is 36.7 Å². The first kappa shape index (κ1) is 23.5. The summed E-state index contributed by atoms with van der Waals surface area (Å²) in [4.78, 5) is 25.1. The van der Waals surface area contributed by atoms with Crippen molar-refractivity contribution in [3.05, 3.63) is 47.5 Å². The molecular weight excluding hydrogens is 477 g/mol. The molecule has 0 radical (unpaired) electrons. The molecule has 0 bridgehead atoms. The quantitative estimate of drug-likeness (QED) is 0.503. The van der Waals surface area contributed by atoms with E-state index in [-0.39, 0.29) is 11.3 Å². The van der Waals surface area contributed by atoms with Crippen molar-refractivity contribution in [1.82, 2.24) is 14.9 Å². The van der Waals surface area contributed by atoms with Gasteiger partial charge in [0.25, 0.3) is 0 Å². The van der Waals surface area contributed by atoms with Crippen molar-refractivity contribution >= 4 is 45.8 Å². The molecule has 2 fully saturated rings. The van der Waals surface area contributed by atoms with E-state index in [1.807, 2.05) is 12.1 Å². The molecule has 3 heterocycles. The number of morpholine rings is 1. The molecule has 35 heavy (non-hydrogen) atoms. The van der Waals surface area contributed by atoms with Crippen LogP contribution in [0.2, 0.25) is 5.02 Å². The lowest BCUT2D eigenvalue weighted by molar-refractivity contribution is -0.0466. The third-order valence-electron chi connectivity index (χ3n) is 6.02. The van der Waals surface area contributed by atoms with Crippen LogP contribution in [-0.4, -0.2) is 66.6 Å². The molecule has 3 aromatic rings. The van der Waals surface area contributed by atoms with Gasteiger partial charge < -0.3 is 19.5 Å². The second kappa shape index (κ2) is 10.2. The molecule has 1 N–H and O–H groups in total. The lowest BCUT2D eigenvalue weighted by atomic mass is 10.1. The summed E-state index contributed by atoms with van der Waals surface area (Å²) in [6, 6.07) is 7.96. The zero-order valence-electron chi connectivity index (χ0n) is 19.2. The molecule has 2 saturated heterocycles. The van der Waals surface area contributed by atoms with E-state index in [9.17, 15) is 9.18 Å². The second-order valence-corrected chi connectivity index (χ2v) is 8.62. The molecule has 11 heteroatoms. The van der Waals surface area contributed by atoms with Gasteiger partial charge in [-0.3, -0.25) is 9.80 Å². The Bertz CT molecular complexity index is 1240. The van der Waals surface area contributed by atoms with E-state index in [0.29, 0.717) is 60.2 Å². The van der Waals surface area contributed by atoms with Crippen molar-refractivity contribution in [3.63, 3.8) is 0 Å². The summed E-state index contributed by atoms with van der Waals surface area (Å²) < 4.78 is 30.7.